The van der Waals surface area contributed by atoms with Crippen LogP contribution in [0, 0.1) is 17.7 Å². The number of fused-ring (bicyclic) bond motifs is 1. The average molecular weight is 386 g/mol. The number of carbonyl (C=O) groups is 1. The maximum absolute atomic E-state index is 13.7. The Hall–Kier alpha value is -2.81. The van der Waals surface area contributed by atoms with Crippen molar-refractivity contribution >= 4 is 11.9 Å². The normalized spacial score (nSPS) is 24.5. The van der Waals surface area contributed by atoms with Gasteiger partial charge < -0.3 is 10.6 Å². The Balaban J connectivity index is 1.42. The molecule has 28 heavy (non-hydrogen) atoms. The van der Waals surface area contributed by atoms with E-state index in [9.17, 15) is 14.0 Å². The number of aryl methyl sites for hydroxylation is 1. The zero-order chi connectivity index (χ0) is 19.8. The molecule has 2 aromatic rings. The summed E-state index contributed by atoms with van der Waals surface area (Å²) in [4.78, 5) is 31.0. The van der Waals surface area contributed by atoms with Gasteiger partial charge in [0.05, 0.1) is 0 Å². The van der Waals surface area contributed by atoms with Gasteiger partial charge in [0, 0.05) is 44.4 Å². The van der Waals surface area contributed by atoms with Gasteiger partial charge in [-0.3, -0.25) is 19.5 Å². The van der Waals surface area contributed by atoms with Gasteiger partial charge in [-0.1, -0.05) is 12.1 Å². The Morgan fingerprint density at radius 2 is 2.14 bits per heavy atom. The van der Waals surface area contributed by atoms with E-state index in [1.54, 1.807) is 12.1 Å². The predicted molar refractivity (Wildman–Crippen MR) is 101 cm³/mol. The monoisotopic (exact) mass is 386 g/mol. The van der Waals surface area contributed by atoms with Gasteiger partial charge in [-0.25, -0.2) is 4.39 Å². The quantitative estimate of drug-likeness (QED) is 0.796. The molecule has 2 fully saturated rings. The van der Waals surface area contributed by atoms with E-state index in [4.69, 9.17) is 5.73 Å². The van der Waals surface area contributed by atoms with Crippen LogP contribution in [0.15, 0.2) is 29.1 Å². The smallest absolute Gasteiger partial charge is 0.274 e. The highest BCUT2D eigenvalue weighted by Gasteiger charge is 2.47. The molecule has 0 aliphatic carbocycles. The lowest BCUT2D eigenvalue weighted by molar-refractivity contribution is -0.130. The number of amides is 1. The molecule has 2 saturated heterocycles. The molecule has 2 aliphatic rings. The number of benzene rings is 1. The molecule has 0 bridgehead atoms. The molecule has 3 atom stereocenters. The summed E-state index contributed by atoms with van der Waals surface area (Å²) in [6.07, 6.45) is 0.419. The van der Waals surface area contributed by atoms with Gasteiger partial charge in [-0.05, 0) is 30.7 Å². The van der Waals surface area contributed by atoms with Gasteiger partial charge in [0.1, 0.15) is 11.5 Å². The molecule has 8 nitrogen and oxygen atoms in total. The third-order valence-electron chi connectivity index (χ3n) is 5.80. The van der Waals surface area contributed by atoms with Crippen LogP contribution >= 0.6 is 0 Å². The van der Waals surface area contributed by atoms with Crippen LogP contribution in [-0.4, -0.2) is 57.6 Å². The van der Waals surface area contributed by atoms with E-state index < -0.39 is 5.56 Å². The highest BCUT2D eigenvalue weighted by molar-refractivity contribution is 5.76. The fourth-order valence-corrected chi connectivity index (χ4v) is 4.57. The van der Waals surface area contributed by atoms with Crippen molar-refractivity contribution in [3.05, 3.63) is 51.7 Å². The number of nitrogens with two attached hydrogens (primary N) is 1. The summed E-state index contributed by atoms with van der Waals surface area (Å²) in [6.45, 7) is 2.20. The highest BCUT2D eigenvalue weighted by atomic mass is 19.1. The maximum Gasteiger partial charge on any atom is 0.274 e. The van der Waals surface area contributed by atoms with Crippen LogP contribution in [0.5, 0.6) is 0 Å². The summed E-state index contributed by atoms with van der Waals surface area (Å²) >= 11 is 0. The number of hydrogen-bond acceptors (Lipinski definition) is 6. The summed E-state index contributed by atoms with van der Waals surface area (Å²) in [5, 5.41) is 7.40. The van der Waals surface area contributed by atoms with Crippen molar-refractivity contribution in [1.29, 1.82) is 0 Å². The summed E-state index contributed by atoms with van der Waals surface area (Å²) in [5.74, 6) is 0.348. The van der Waals surface area contributed by atoms with E-state index in [2.05, 4.69) is 20.1 Å². The van der Waals surface area contributed by atoms with Crippen LogP contribution < -0.4 is 11.3 Å². The molecule has 1 aromatic carbocycles. The molecule has 148 valence electrons. The second-order valence-electron chi connectivity index (χ2n) is 7.65. The zero-order valence-electron chi connectivity index (χ0n) is 15.6. The number of nitrogens with one attached hydrogen (secondary N) is 1. The van der Waals surface area contributed by atoms with Crippen LogP contribution in [0.4, 0.5) is 10.3 Å². The molecule has 0 spiro atoms. The van der Waals surface area contributed by atoms with E-state index in [0.29, 0.717) is 19.0 Å². The number of rotatable bonds is 4. The van der Waals surface area contributed by atoms with E-state index in [1.807, 2.05) is 18.0 Å². The topological polar surface area (TPSA) is 108 Å². The summed E-state index contributed by atoms with van der Waals surface area (Å²) < 4.78 is 13.7. The van der Waals surface area contributed by atoms with Crippen LogP contribution in [0.2, 0.25) is 0 Å². The van der Waals surface area contributed by atoms with E-state index in [1.165, 1.54) is 6.07 Å². The lowest BCUT2D eigenvalue weighted by Crippen LogP contribution is -2.34. The lowest BCUT2D eigenvalue weighted by Gasteiger charge is -2.27. The third-order valence-corrected chi connectivity index (χ3v) is 5.80. The van der Waals surface area contributed by atoms with Crippen molar-refractivity contribution in [1.82, 2.24) is 25.0 Å². The predicted octanol–water partition coefficient (Wildman–Crippen LogP) is 0.580. The molecule has 0 unspecified atom stereocenters. The molecule has 3 heterocycles. The number of anilines is 1. The third kappa shape index (κ3) is 3.49. The van der Waals surface area contributed by atoms with Crippen molar-refractivity contribution in [2.24, 2.45) is 11.8 Å². The Morgan fingerprint density at radius 1 is 1.32 bits per heavy atom. The van der Waals surface area contributed by atoms with Gasteiger partial charge in [0.25, 0.3) is 5.56 Å². The second kappa shape index (κ2) is 7.31. The fraction of sp³-hybridized carbons (Fsp3) is 0.474. The highest BCUT2D eigenvalue weighted by Crippen LogP contribution is 2.44. The minimum Gasteiger partial charge on any atom is -0.368 e. The van der Waals surface area contributed by atoms with Gasteiger partial charge in [-0.15, -0.1) is 10.2 Å². The standard InChI is InChI=1S/C19H23FN6O2/c1-25-8-12-9-26(10-14(12)17(25)11-3-2-4-13(20)7-11)16(27)6-5-15-18(28)22-19(21)24-23-15/h2-4,7,12,14,17H,5-6,8-10H2,1H3,(H3,21,22,24,28)/t12-,14+,17-/m0/s1. The first-order valence-corrected chi connectivity index (χ1v) is 9.37. The molecular weight excluding hydrogens is 363 g/mol. The summed E-state index contributed by atoms with van der Waals surface area (Å²) in [6, 6.07) is 6.81. The van der Waals surface area contributed by atoms with Gasteiger partial charge in [0.15, 0.2) is 0 Å². The second-order valence-corrected chi connectivity index (χ2v) is 7.65. The molecule has 3 N–H and O–H groups in total. The van der Waals surface area contributed by atoms with Gasteiger partial charge >= 0.3 is 0 Å². The number of hydrogen-bond donors (Lipinski definition) is 2. The van der Waals surface area contributed by atoms with E-state index >= 15 is 0 Å². The Labute approximate surface area is 161 Å². The summed E-state index contributed by atoms with van der Waals surface area (Å²) in [7, 11) is 2.05. The molecule has 4 rings (SSSR count). The first kappa shape index (κ1) is 18.5. The van der Waals surface area contributed by atoms with Crippen LogP contribution in [0.25, 0.3) is 0 Å². The van der Waals surface area contributed by atoms with Crippen molar-refractivity contribution in [3.63, 3.8) is 0 Å². The van der Waals surface area contributed by atoms with E-state index in [-0.39, 0.29) is 48.2 Å². The first-order valence-electron chi connectivity index (χ1n) is 9.37. The molecule has 9 heteroatoms. The molecular formula is C19H23FN6O2. The van der Waals surface area contributed by atoms with Crippen LogP contribution in [0.1, 0.15) is 23.7 Å². The molecule has 1 amide bonds. The molecule has 1 aromatic heterocycles. The zero-order valence-corrected chi connectivity index (χ0v) is 15.6. The van der Waals surface area contributed by atoms with Crippen molar-refractivity contribution in [2.75, 3.05) is 32.4 Å². The van der Waals surface area contributed by atoms with E-state index in [0.717, 1.165) is 12.1 Å². The van der Waals surface area contributed by atoms with Gasteiger partial charge in [0.2, 0.25) is 11.9 Å². The number of H-pyrrole nitrogens is 1. The van der Waals surface area contributed by atoms with Crippen molar-refractivity contribution < 1.29 is 9.18 Å². The first-order chi connectivity index (χ1) is 13.4. The molecule has 2 aliphatic heterocycles. The Kier molecular flexibility index (Phi) is 4.84. The minimum atomic E-state index is -0.411. The summed E-state index contributed by atoms with van der Waals surface area (Å²) in [5.41, 5.74) is 6.13. The number of likely N-dealkylation sites (tertiary alicyclic amines) is 2. The Morgan fingerprint density at radius 3 is 2.89 bits per heavy atom. The van der Waals surface area contributed by atoms with Crippen molar-refractivity contribution in [3.8, 4) is 0 Å². The van der Waals surface area contributed by atoms with Crippen LogP contribution in [-0.2, 0) is 11.2 Å². The number of halogens is 1. The minimum absolute atomic E-state index is 0.00642. The lowest BCUT2D eigenvalue weighted by atomic mass is 9.89. The number of nitrogen functional groups attached to an aromatic ring is 1. The molecule has 0 saturated carbocycles. The number of aromatic amines is 1. The SMILES string of the molecule is CN1C[C@H]2CN(C(=O)CCc3nnc(N)[nH]c3=O)C[C@H]2[C@@H]1c1cccc(F)c1. The Bertz CT molecular complexity index is 948. The average Bonchev–Trinajstić information content (AvgIpc) is 3.17. The number of carbonyl (C=O) groups excluding carboxylic acids is 1. The molecule has 0 radical (unpaired) electrons. The fourth-order valence-electron chi connectivity index (χ4n) is 4.57. The number of nitrogens with zero attached hydrogens (tertiary/aromatic N) is 4. The number of aromatic nitrogens is 3. The largest absolute Gasteiger partial charge is 0.368 e. The maximum atomic E-state index is 13.7. The van der Waals surface area contributed by atoms with Gasteiger partial charge in [-0.2, -0.15) is 0 Å². The van der Waals surface area contributed by atoms with Crippen LogP contribution in [0.3, 0.4) is 0 Å². The van der Waals surface area contributed by atoms with Crippen molar-refractivity contribution in [2.45, 2.75) is 18.9 Å².